The minimum Gasteiger partial charge on any atom is -0.492 e. The van der Waals surface area contributed by atoms with Gasteiger partial charge in [0.25, 0.3) is 5.91 Å². The summed E-state index contributed by atoms with van der Waals surface area (Å²) < 4.78 is 10.9. The summed E-state index contributed by atoms with van der Waals surface area (Å²) >= 11 is 0. The third-order valence-electron chi connectivity index (χ3n) is 3.19. The van der Waals surface area contributed by atoms with Crippen LogP contribution in [-0.2, 0) is 0 Å². The number of hydrogen-bond donors (Lipinski definition) is 1. The Morgan fingerprint density at radius 2 is 2.09 bits per heavy atom. The van der Waals surface area contributed by atoms with E-state index in [0.29, 0.717) is 40.6 Å². The van der Waals surface area contributed by atoms with Gasteiger partial charge in [-0.15, -0.1) is 0 Å². The average molecular weight is 296 g/mol. The number of nitrogens with zero attached hydrogens (tertiary/aromatic N) is 1. The number of aromatic nitrogens is 1. The number of carbonyl (C=O) groups excluding carboxylic acids is 1. The molecular formula is C17H16N2O3. The number of oxazole rings is 1. The van der Waals surface area contributed by atoms with E-state index in [-0.39, 0.29) is 5.91 Å². The van der Waals surface area contributed by atoms with E-state index in [1.165, 1.54) is 0 Å². The second-order valence-electron chi connectivity index (χ2n) is 4.80. The molecule has 0 radical (unpaired) electrons. The molecule has 112 valence electrons. The van der Waals surface area contributed by atoms with E-state index >= 15 is 0 Å². The Balaban J connectivity index is 1.86. The van der Waals surface area contributed by atoms with Crippen molar-refractivity contribution in [3.63, 3.8) is 0 Å². The number of benzene rings is 2. The van der Waals surface area contributed by atoms with Crippen molar-refractivity contribution in [2.45, 2.75) is 13.8 Å². The van der Waals surface area contributed by atoms with Crippen molar-refractivity contribution in [2.24, 2.45) is 0 Å². The van der Waals surface area contributed by atoms with E-state index in [9.17, 15) is 4.79 Å². The van der Waals surface area contributed by atoms with Crippen LogP contribution in [0.15, 0.2) is 46.9 Å². The van der Waals surface area contributed by atoms with Crippen molar-refractivity contribution in [3.05, 3.63) is 53.9 Å². The van der Waals surface area contributed by atoms with E-state index in [4.69, 9.17) is 9.15 Å². The molecule has 2 aromatic carbocycles. The largest absolute Gasteiger partial charge is 0.492 e. The maximum Gasteiger partial charge on any atom is 0.255 e. The van der Waals surface area contributed by atoms with Gasteiger partial charge in [-0.25, -0.2) is 4.98 Å². The molecule has 0 saturated heterocycles. The molecule has 0 unspecified atom stereocenters. The SMILES string of the molecule is CCOc1ccccc1NC(=O)c1ccc2oc(C)nc2c1. The summed E-state index contributed by atoms with van der Waals surface area (Å²) in [5, 5.41) is 2.86. The minimum absolute atomic E-state index is 0.213. The lowest BCUT2D eigenvalue weighted by Gasteiger charge is -2.11. The maximum absolute atomic E-state index is 12.4. The van der Waals surface area contributed by atoms with Gasteiger partial charge in [-0.1, -0.05) is 12.1 Å². The molecule has 0 bridgehead atoms. The summed E-state index contributed by atoms with van der Waals surface area (Å²) in [6.07, 6.45) is 0. The third-order valence-corrected chi connectivity index (χ3v) is 3.19. The Labute approximate surface area is 127 Å². The number of para-hydroxylation sites is 2. The quantitative estimate of drug-likeness (QED) is 0.795. The van der Waals surface area contributed by atoms with Crippen molar-refractivity contribution in [1.29, 1.82) is 0 Å². The first kappa shape index (κ1) is 14.1. The predicted molar refractivity (Wildman–Crippen MR) is 84.3 cm³/mol. The van der Waals surface area contributed by atoms with Crippen LogP contribution in [0.3, 0.4) is 0 Å². The summed E-state index contributed by atoms with van der Waals surface area (Å²) in [7, 11) is 0. The summed E-state index contributed by atoms with van der Waals surface area (Å²) in [5.74, 6) is 1.01. The van der Waals surface area contributed by atoms with Crippen molar-refractivity contribution in [2.75, 3.05) is 11.9 Å². The summed E-state index contributed by atoms with van der Waals surface area (Å²) in [6, 6.07) is 12.5. The fourth-order valence-electron chi connectivity index (χ4n) is 2.23. The molecule has 3 rings (SSSR count). The monoisotopic (exact) mass is 296 g/mol. The van der Waals surface area contributed by atoms with E-state index in [1.807, 2.05) is 31.2 Å². The number of hydrogen-bond acceptors (Lipinski definition) is 4. The van der Waals surface area contributed by atoms with Crippen LogP contribution >= 0.6 is 0 Å². The number of aryl methyl sites for hydroxylation is 1. The van der Waals surface area contributed by atoms with E-state index in [0.717, 1.165) is 0 Å². The van der Waals surface area contributed by atoms with Crippen LogP contribution in [0.5, 0.6) is 5.75 Å². The van der Waals surface area contributed by atoms with Gasteiger partial charge >= 0.3 is 0 Å². The van der Waals surface area contributed by atoms with Crippen molar-refractivity contribution in [3.8, 4) is 5.75 Å². The highest BCUT2D eigenvalue weighted by molar-refractivity contribution is 6.06. The molecule has 1 aromatic heterocycles. The maximum atomic E-state index is 12.4. The highest BCUT2D eigenvalue weighted by Gasteiger charge is 2.12. The van der Waals surface area contributed by atoms with Crippen LogP contribution in [0.4, 0.5) is 5.69 Å². The molecular weight excluding hydrogens is 280 g/mol. The van der Waals surface area contributed by atoms with Crippen molar-refractivity contribution >= 4 is 22.7 Å². The van der Waals surface area contributed by atoms with Gasteiger partial charge < -0.3 is 14.5 Å². The predicted octanol–water partition coefficient (Wildman–Crippen LogP) is 3.79. The lowest BCUT2D eigenvalue weighted by molar-refractivity contribution is 0.102. The molecule has 3 aromatic rings. The van der Waals surface area contributed by atoms with E-state index in [1.54, 1.807) is 25.1 Å². The van der Waals surface area contributed by atoms with Gasteiger partial charge in [0.15, 0.2) is 11.5 Å². The van der Waals surface area contributed by atoms with Crippen molar-refractivity contribution < 1.29 is 13.9 Å². The molecule has 1 heterocycles. The number of amides is 1. The van der Waals surface area contributed by atoms with Gasteiger partial charge in [0.05, 0.1) is 12.3 Å². The second kappa shape index (κ2) is 5.89. The van der Waals surface area contributed by atoms with Gasteiger partial charge in [-0.05, 0) is 37.3 Å². The third kappa shape index (κ3) is 2.79. The molecule has 0 spiro atoms. The molecule has 0 aliphatic carbocycles. The molecule has 5 heteroatoms. The molecule has 5 nitrogen and oxygen atoms in total. The standard InChI is InChI=1S/C17H16N2O3/c1-3-21-15-7-5-4-6-13(15)19-17(20)12-8-9-16-14(10-12)18-11(2)22-16/h4-10H,3H2,1-2H3,(H,19,20). The van der Waals surface area contributed by atoms with Crippen molar-refractivity contribution in [1.82, 2.24) is 4.98 Å². The molecule has 22 heavy (non-hydrogen) atoms. The van der Waals surface area contributed by atoms with Gasteiger partial charge in [0, 0.05) is 12.5 Å². The first-order chi connectivity index (χ1) is 10.7. The first-order valence-electron chi connectivity index (χ1n) is 7.07. The smallest absolute Gasteiger partial charge is 0.255 e. The zero-order chi connectivity index (χ0) is 15.5. The number of fused-ring (bicyclic) bond motifs is 1. The number of carbonyl (C=O) groups is 1. The normalized spacial score (nSPS) is 10.6. The fraction of sp³-hybridized carbons (Fsp3) is 0.176. The Kier molecular flexibility index (Phi) is 3.78. The first-order valence-corrected chi connectivity index (χ1v) is 7.07. The van der Waals surface area contributed by atoms with Crippen LogP contribution < -0.4 is 10.1 Å². The summed E-state index contributed by atoms with van der Waals surface area (Å²) in [6.45, 7) is 4.22. The van der Waals surface area contributed by atoms with Crippen LogP contribution in [0.1, 0.15) is 23.2 Å². The van der Waals surface area contributed by atoms with Crippen LogP contribution in [0, 0.1) is 6.92 Å². The minimum atomic E-state index is -0.213. The van der Waals surface area contributed by atoms with E-state index < -0.39 is 0 Å². The summed E-state index contributed by atoms with van der Waals surface area (Å²) in [5.41, 5.74) is 2.50. The number of rotatable bonds is 4. The zero-order valence-electron chi connectivity index (χ0n) is 12.4. The topological polar surface area (TPSA) is 64.4 Å². The van der Waals surface area contributed by atoms with Gasteiger partial charge in [0.2, 0.25) is 0 Å². The zero-order valence-corrected chi connectivity index (χ0v) is 12.4. The number of ether oxygens (including phenoxy) is 1. The average Bonchev–Trinajstić information content (AvgIpc) is 2.88. The molecule has 0 aliphatic heterocycles. The molecule has 0 atom stereocenters. The Hall–Kier alpha value is -2.82. The molecule has 0 aliphatic rings. The van der Waals surface area contributed by atoms with Crippen LogP contribution in [0.2, 0.25) is 0 Å². The molecule has 0 fully saturated rings. The fourth-order valence-corrected chi connectivity index (χ4v) is 2.23. The van der Waals surface area contributed by atoms with Crippen LogP contribution in [-0.4, -0.2) is 17.5 Å². The lowest BCUT2D eigenvalue weighted by atomic mass is 10.2. The Morgan fingerprint density at radius 1 is 1.27 bits per heavy atom. The molecule has 0 saturated carbocycles. The lowest BCUT2D eigenvalue weighted by Crippen LogP contribution is -2.12. The molecule has 1 N–H and O–H groups in total. The van der Waals surface area contributed by atoms with E-state index in [2.05, 4.69) is 10.3 Å². The summed E-state index contributed by atoms with van der Waals surface area (Å²) in [4.78, 5) is 16.6. The molecule has 1 amide bonds. The van der Waals surface area contributed by atoms with Gasteiger partial charge in [-0.3, -0.25) is 4.79 Å². The second-order valence-corrected chi connectivity index (χ2v) is 4.80. The highest BCUT2D eigenvalue weighted by atomic mass is 16.5. The van der Waals surface area contributed by atoms with Gasteiger partial charge in [0.1, 0.15) is 11.3 Å². The van der Waals surface area contributed by atoms with Gasteiger partial charge in [-0.2, -0.15) is 0 Å². The number of nitrogens with one attached hydrogen (secondary N) is 1. The Bertz CT molecular complexity index is 824. The Morgan fingerprint density at radius 3 is 2.91 bits per heavy atom. The highest BCUT2D eigenvalue weighted by Crippen LogP contribution is 2.25. The number of anilines is 1. The van der Waals surface area contributed by atoms with Crippen LogP contribution in [0.25, 0.3) is 11.1 Å².